The van der Waals surface area contributed by atoms with Crippen LogP contribution in [0.25, 0.3) is 11.7 Å². The van der Waals surface area contributed by atoms with Crippen LogP contribution in [0.1, 0.15) is 42.6 Å². The number of carbonyl (C=O) groups is 2. The second kappa shape index (κ2) is 9.12. The summed E-state index contributed by atoms with van der Waals surface area (Å²) in [7, 11) is 1.54. The van der Waals surface area contributed by atoms with Gasteiger partial charge in [-0.15, -0.1) is 0 Å². The number of nitrogens with one attached hydrogen (secondary N) is 2. The summed E-state index contributed by atoms with van der Waals surface area (Å²) < 4.78 is 7.47. The normalized spacial score (nSPS) is 14.0. The van der Waals surface area contributed by atoms with E-state index in [9.17, 15) is 19.5 Å². The molecule has 3 rings (SSSR count). The number of nitrogens with zero attached hydrogens (tertiary/aromatic N) is 3. The van der Waals surface area contributed by atoms with Crippen LogP contribution in [-0.2, 0) is 16.1 Å². The largest absolute Gasteiger partial charge is 0.494 e. The molecule has 0 aliphatic heterocycles. The molecule has 0 radical (unpaired) electrons. The zero-order valence-electron chi connectivity index (χ0n) is 17.3. The molecule has 2 aromatic rings. The van der Waals surface area contributed by atoms with E-state index in [0.717, 1.165) is 17.4 Å². The van der Waals surface area contributed by atoms with Gasteiger partial charge in [0.05, 0.1) is 12.8 Å². The fraction of sp³-hybridized carbons (Fsp3) is 0.500. The first-order chi connectivity index (χ1) is 14.3. The average Bonchev–Trinajstić information content (AvgIpc) is 3.39. The number of amides is 2. The first-order valence-corrected chi connectivity index (χ1v) is 9.92. The molecule has 0 saturated heterocycles. The fourth-order valence-corrected chi connectivity index (χ4v) is 3.05. The molecule has 0 bridgehead atoms. The molecule has 1 saturated carbocycles. The van der Waals surface area contributed by atoms with Crippen LogP contribution in [0.15, 0.2) is 17.1 Å². The Morgan fingerprint density at radius 2 is 2.13 bits per heavy atom. The Kier molecular flexibility index (Phi) is 6.56. The molecule has 3 N–H and O–H groups in total. The average molecular weight is 417 g/mol. The lowest BCUT2D eigenvalue weighted by molar-refractivity contribution is -0.116. The molecule has 162 valence electrons. The van der Waals surface area contributed by atoms with Gasteiger partial charge in [-0.25, -0.2) is 0 Å². The molecule has 0 spiro atoms. The molecular weight excluding hydrogens is 390 g/mol. The Balaban J connectivity index is 2.03. The van der Waals surface area contributed by atoms with Gasteiger partial charge < -0.3 is 20.5 Å². The van der Waals surface area contributed by atoms with Crippen LogP contribution in [0.4, 0.5) is 0 Å². The summed E-state index contributed by atoms with van der Waals surface area (Å²) in [6.07, 6.45) is 5.98. The molecule has 0 aromatic carbocycles. The van der Waals surface area contributed by atoms with Gasteiger partial charge in [0.25, 0.3) is 11.5 Å². The summed E-state index contributed by atoms with van der Waals surface area (Å²) in [6, 6.07) is 0.0401. The molecule has 2 amide bonds. The van der Waals surface area contributed by atoms with Crippen LogP contribution < -0.4 is 16.2 Å². The lowest BCUT2D eigenvalue weighted by Gasteiger charge is -2.17. The maximum Gasteiger partial charge on any atom is 0.291 e. The van der Waals surface area contributed by atoms with E-state index in [-0.39, 0.29) is 23.4 Å². The second-order valence-electron chi connectivity index (χ2n) is 7.71. The van der Waals surface area contributed by atoms with Gasteiger partial charge in [-0.2, -0.15) is 9.61 Å². The third-order valence-corrected chi connectivity index (χ3v) is 4.62. The highest BCUT2D eigenvalue weighted by Crippen LogP contribution is 2.24. The molecule has 2 heterocycles. The molecule has 2 aromatic heterocycles. The maximum absolute atomic E-state index is 12.9. The first kappa shape index (κ1) is 21.6. The predicted octanol–water partition coefficient (Wildman–Crippen LogP) is 0.526. The first-order valence-electron chi connectivity index (χ1n) is 9.92. The van der Waals surface area contributed by atoms with Gasteiger partial charge in [0.15, 0.2) is 5.56 Å². The maximum atomic E-state index is 12.9. The van der Waals surface area contributed by atoms with Crippen molar-refractivity contribution in [3.05, 3.63) is 33.8 Å². The van der Waals surface area contributed by atoms with E-state index >= 15 is 0 Å². The van der Waals surface area contributed by atoms with Crippen LogP contribution in [0.3, 0.4) is 0 Å². The lowest BCUT2D eigenvalue weighted by Crippen LogP contribution is -2.34. The van der Waals surface area contributed by atoms with Crippen molar-refractivity contribution >= 4 is 23.5 Å². The third-order valence-electron chi connectivity index (χ3n) is 4.62. The summed E-state index contributed by atoms with van der Waals surface area (Å²) in [5.74, 6) is -1.22. The van der Waals surface area contributed by atoms with E-state index in [1.165, 1.54) is 22.9 Å². The molecule has 30 heavy (non-hydrogen) atoms. The topological polar surface area (TPSA) is 127 Å². The zero-order valence-corrected chi connectivity index (χ0v) is 17.3. The lowest BCUT2D eigenvalue weighted by atomic mass is 10.2. The number of aromatic nitrogens is 3. The Morgan fingerprint density at radius 1 is 1.40 bits per heavy atom. The molecule has 10 heteroatoms. The molecule has 10 nitrogen and oxygen atoms in total. The Labute approximate surface area is 173 Å². The van der Waals surface area contributed by atoms with Gasteiger partial charge in [0.2, 0.25) is 11.8 Å². The van der Waals surface area contributed by atoms with Crippen LogP contribution in [0.5, 0.6) is 5.88 Å². The minimum absolute atomic E-state index is 0.0401. The molecule has 1 fully saturated rings. The number of hydrogen-bond donors (Lipinski definition) is 3. The quantitative estimate of drug-likeness (QED) is 0.403. The second-order valence-corrected chi connectivity index (χ2v) is 7.71. The molecule has 1 aliphatic carbocycles. The number of hydrogen-bond acceptors (Lipinski definition) is 6. The van der Waals surface area contributed by atoms with Crippen molar-refractivity contribution in [2.24, 2.45) is 5.92 Å². The number of methoxy groups -OCH3 is 1. The summed E-state index contributed by atoms with van der Waals surface area (Å²) in [5.41, 5.74) is -0.245. The molecular formula is C20H27N5O5. The van der Waals surface area contributed by atoms with Gasteiger partial charge >= 0.3 is 0 Å². The minimum Gasteiger partial charge on any atom is -0.494 e. The molecule has 1 aliphatic rings. The third kappa shape index (κ3) is 4.70. The number of rotatable bonds is 9. The van der Waals surface area contributed by atoms with Crippen molar-refractivity contribution in [1.82, 2.24) is 24.8 Å². The van der Waals surface area contributed by atoms with E-state index in [4.69, 9.17) is 4.74 Å². The van der Waals surface area contributed by atoms with Crippen molar-refractivity contribution in [2.45, 2.75) is 39.3 Å². The van der Waals surface area contributed by atoms with E-state index in [1.807, 2.05) is 13.8 Å². The highest BCUT2D eigenvalue weighted by molar-refractivity contribution is 5.97. The van der Waals surface area contributed by atoms with Crippen LogP contribution >= 0.6 is 0 Å². The summed E-state index contributed by atoms with van der Waals surface area (Å²) >= 11 is 0. The highest BCUT2D eigenvalue weighted by Gasteiger charge is 2.29. The van der Waals surface area contributed by atoms with Gasteiger partial charge in [-0.05, 0) is 24.8 Å². The fourth-order valence-electron chi connectivity index (χ4n) is 3.05. The number of ether oxygens (including phenoxy) is 1. The van der Waals surface area contributed by atoms with Crippen LogP contribution in [0, 0.1) is 5.92 Å². The smallest absolute Gasteiger partial charge is 0.291 e. The van der Waals surface area contributed by atoms with Gasteiger partial charge in [-0.1, -0.05) is 13.8 Å². The predicted molar refractivity (Wildman–Crippen MR) is 110 cm³/mol. The monoisotopic (exact) mass is 417 g/mol. The standard InChI is InChI=1S/C20H27N5O5/c1-12(2)11-24-18-13(4-7-15(26)21-8-9-30-3)10-22-25(18)20(29)16(19(24)28)17(27)23-14-5-6-14/h4,7,10,12,14,28H,5-6,8-9,11H2,1-3H3,(H,21,26)(H,23,27)/b7-4+. The van der Waals surface area contributed by atoms with Crippen molar-refractivity contribution in [2.75, 3.05) is 20.3 Å². The SMILES string of the molecule is COCCNC(=O)/C=C/c1cnn2c(=O)c(C(=O)NC3CC3)c(O)n(CC(C)C)c12. The highest BCUT2D eigenvalue weighted by atomic mass is 16.5. The van der Waals surface area contributed by atoms with E-state index in [2.05, 4.69) is 15.7 Å². The Hall–Kier alpha value is -3.14. The molecule has 0 unspecified atom stereocenters. The number of fused-ring (bicyclic) bond motifs is 1. The summed E-state index contributed by atoms with van der Waals surface area (Å²) in [6.45, 7) is 5.02. The van der Waals surface area contributed by atoms with Crippen LogP contribution in [0.2, 0.25) is 0 Å². The number of aromatic hydroxyl groups is 1. The minimum atomic E-state index is -0.704. The van der Waals surface area contributed by atoms with Crippen molar-refractivity contribution < 1.29 is 19.4 Å². The summed E-state index contributed by atoms with van der Waals surface area (Å²) in [5, 5.41) is 20.3. The zero-order chi connectivity index (χ0) is 21.8. The van der Waals surface area contributed by atoms with Gasteiger partial charge in [0.1, 0.15) is 5.65 Å². The van der Waals surface area contributed by atoms with E-state index < -0.39 is 17.3 Å². The van der Waals surface area contributed by atoms with E-state index in [0.29, 0.717) is 30.9 Å². The number of carbonyl (C=O) groups excluding carboxylic acids is 2. The Bertz CT molecular complexity index is 1030. The van der Waals surface area contributed by atoms with Gasteiger partial charge in [0, 0.05) is 37.9 Å². The van der Waals surface area contributed by atoms with E-state index in [1.54, 1.807) is 7.11 Å². The molecule has 0 atom stereocenters. The van der Waals surface area contributed by atoms with Crippen LogP contribution in [-0.4, -0.2) is 57.4 Å². The van der Waals surface area contributed by atoms with Crippen molar-refractivity contribution in [3.8, 4) is 5.88 Å². The van der Waals surface area contributed by atoms with Gasteiger partial charge in [-0.3, -0.25) is 19.0 Å². The van der Waals surface area contributed by atoms with Crippen molar-refractivity contribution in [3.63, 3.8) is 0 Å². The Morgan fingerprint density at radius 3 is 2.77 bits per heavy atom. The van der Waals surface area contributed by atoms with Crippen molar-refractivity contribution in [1.29, 1.82) is 0 Å². The summed E-state index contributed by atoms with van der Waals surface area (Å²) in [4.78, 5) is 37.4.